The van der Waals surface area contributed by atoms with Crippen LogP contribution in [-0.2, 0) is 22.8 Å². The Labute approximate surface area is 245 Å². The largest absolute Gasteiger partial charge is 0.414 e. The van der Waals surface area contributed by atoms with E-state index in [9.17, 15) is 4.79 Å². The molecule has 4 N–H and O–H groups in total. The van der Waals surface area contributed by atoms with Gasteiger partial charge in [-0.2, -0.15) is 4.99 Å². The van der Waals surface area contributed by atoms with Crippen LogP contribution in [0, 0.1) is 5.41 Å². The maximum atomic E-state index is 12.3. The lowest BCUT2D eigenvalue weighted by Crippen LogP contribution is -2.55. The molecule has 0 aromatic rings. The Kier molecular flexibility index (Phi) is 10.0. The van der Waals surface area contributed by atoms with Gasteiger partial charge >= 0.3 is 0 Å². The summed E-state index contributed by atoms with van der Waals surface area (Å²) in [6.07, 6.45) is -2.35. The number of ether oxygens (including phenoxy) is 1. The first kappa shape index (κ1) is 35.0. The number of nitrogens with one attached hydrogen (secondary N) is 2. The minimum atomic E-state index is -2.34. The maximum absolute atomic E-state index is 12.3. The lowest BCUT2D eigenvalue weighted by molar-refractivity contribution is -0.113. The van der Waals surface area contributed by atoms with Crippen LogP contribution in [0.5, 0.6) is 0 Å². The van der Waals surface area contributed by atoms with Gasteiger partial charge in [0.2, 0.25) is 5.96 Å². The van der Waals surface area contributed by atoms with Crippen molar-refractivity contribution in [3.05, 3.63) is 0 Å². The van der Waals surface area contributed by atoms with Gasteiger partial charge < -0.3 is 23.7 Å². The highest BCUT2D eigenvalue weighted by Gasteiger charge is 2.54. The van der Waals surface area contributed by atoms with Crippen molar-refractivity contribution in [1.82, 2.24) is 5.32 Å². The highest BCUT2D eigenvalue weighted by Crippen LogP contribution is 2.44. The van der Waals surface area contributed by atoms with Crippen LogP contribution in [0.15, 0.2) is 9.98 Å². The standard InChI is InChI=1S/C27H55N5O5Si3/c1-25(2,3)38(10,11)34-16-17-19(36-39(12,13)26(4,5)6)20(37-40(14,15)27(7,8)9)23(35-17)30-21-18(28)22(33)32-24(29)31-21/h17,19-20,23,28H,16H2,1-15H3,(H3,29,30,31,32,33)/t17-,19-,20-,23-/m1/s1. The number of nitrogens with two attached hydrogens (primary N) is 1. The van der Waals surface area contributed by atoms with Crippen molar-refractivity contribution in [2.45, 2.75) is 141 Å². The molecule has 0 aromatic heterocycles. The van der Waals surface area contributed by atoms with Crippen molar-refractivity contribution in [2.75, 3.05) is 6.61 Å². The topological polar surface area (TPSA) is 141 Å². The van der Waals surface area contributed by atoms with Crippen LogP contribution < -0.4 is 11.1 Å². The van der Waals surface area contributed by atoms with Gasteiger partial charge in [-0.3, -0.25) is 15.5 Å². The minimum absolute atomic E-state index is 0.0227. The van der Waals surface area contributed by atoms with Crippen molar-refractivity contribution in [3.8, 4) is 0 Å². The third kappa shape index (κ3) is 7.78. The molecule has 0 bridgehead atoms. The maximum Gasteiger partial charge on any atom is 0.279 e. The Morgan fingerprint density at radius 2 is 1.32 bits per heavy atom. The second kappa shape index (κ2) is 11.5. The van der Waals surface area contributed by atoms with E-state index in [0.717, 1.165) is 0 Å². The van der Waals surface area contributed by atoms with Crippen LogP contribution in [0.25, 0.3) is 0 Å². The molecule has 2 heterocycles. The second-order valence-corrected chi connectivity index (χ2v) is 29.9. The lowest BCUT2D eigenvalue weighted by Gasteiger charge is -2.44. The number of guanidine groups is 1. The molecule has 2 aliphatic rings. The van der Waals surface area contributed by atoms with E-state index in [0.29, 0.717) is 6.61 Å². The Morgan fingerprint density at radius 3 is 1.77 bits per heavy atom. The summed E-state index contributed by atoms with van der Waals surface area (Å²) in [7, 11) is -6.75. The van der Waals surface area contributed by atoms with Crippen LogP contribution in [0.2, 0.25) is 54.4 Å². The normalized spacial score (nSPS) is 26.8. The molecule has 2 aliphatic heterocycles. The second-order valence-electron chi connectivity index (χ2n) is 15.6. The molecular weight excluding hydrogens is 559 g/mol. The molecule has 0 unspecified atom stereocenters. The first-order valence-corrected chi connectivity index (χ1v) is 22.9. The fourth-order valence-electron chi connectivity index (χ4n) is 3.45. The molecule has 230 valence electrons. The van der Waals surface area contributed by atoms with Crippen LogP contribution in [0.1, 0.15) is 62.3 Å². The monoisotopic (exact) mass is 613 g/mol. The molecule has 13 heteroatoms. The molecule has 0 spiro atoms. The minimum Gasteiger partial charge on any atom is -0.414 e. The van der Waals surface area contributed by atoms with E-state index in [2.05, 4.69) is 117 Å². The van der Waals surface area contributed by atoms with Crippen molar-refractivity contribution in [1.29, 1.82) is 5.41 Å². The van der Waals surface area contributed by atoms with E-state index < -0.39 is 55.4 Å². The van der Waals surface area contributed by atoms with Crippen LogP contribution >= 0.6 is 0 Å². The number of hydrogen-bond donors (Lipinski definition) is 3. The third-order valence-electron chi connectivity index (χ3n) is 9.34. The van der Waals surface area contributed by atoms with Crippen LogP contribution in [-0.4, -0.2) is 79.5 Å². The van der Waals surface area contributed by atoms with E-state index in [1.54, 1.807) is 0 Å². The Morgan fingerprint density at radius 1 is 0.875 bits per heavy atom. The molecule has 0 radical (unpaired) electrons. The molecule has 0 saturated carbocycles. The first-order valence-electron chi connectivity index (χ1n) is 14.2. The highest BCUT2D eigenvalue weighted by atomic mass is 28.4. The molecule has 1 fully saturated rings. The highest BCUT2D eigenvalue weighted by molar-refractivity contribution is 6.75. The summed E-state index contributed by atoms with van der Waals surface area (Å²) >= 11 is 0. The van der Waals surface area contributed by atoms with Crippen molar-refractivity contribution < 1.29 is 22.8 Å². The number of amidine groups is 1. The summed E-state index contributed by atoms with van der Waals surface area (Å²) in [5.41, 5.74) is 5.44. The van der Waals surface area contributed by atoms with Gasteiger partial charge in [-0.15, -0.1) is 0 Å². The average molecular weight is 614 g/mol. The van der Waals surface area contributed by atoms with Gasteiger partial charge in [0.05, 0.1) is 6.61 Å². The fraction of sp³-hybridized carbons (Fsp3) is 0.852. The van der Waals surface area contributed by atoms with Gasteiger partial charge in [0.1, 0.15) is 18.3 Å². The molecule has 10 nitrogen and oxygen atoms in total. The molecule has 0 aromatic carbocycles. The molecule has 0 aliphatic carbocycles. The van der Waals surface area contributed by atoms with Crippen molar-refractivity contribution in [2.24, 2.45) is 15.7 Å². The molecular formula is C27H55N5O5Si3. The van der Waals surface area contributed by atoms with E-state index in [1.165, 1.54) is 0 Å². The zero-order valence-corrected chi connectivity index (χ0v) is 30.5. The van der Waals surface area contributed by atoms with E-state index in [1.807, 2.05) is 0 Å². The predicted molar refractivity (Wildman–Crippen MR) is 171 cm³/mol. The third-order valence-corrected chi connectivity index (χ3v) is 22.8. The number of rotatable bonds is 8. The number of hydrogen-bond acceptors (Lipinski definition) is 8. The molecule has 4 atom stereocenters. The van der Waals surface area contributed by atoms with Gasteiger partial charge in [-0.1, -0.05) is 62.3 Å². The summed E-state index contributed by atoms with van der Waals surface area (Å²) in [5.74, 6) is -0.836. The number of carbonyl (C=O) groups excluding carboxylic acids is 1. The Balaban J connectivity index is 2.65. The summed E-state index contributed by atoms with van der Waals surface area (Å²) in [5, 5.41) is 10.5. The predicted octanol–water partition coefficient (Wildman–Crippen LogP) is 5.38. The molecule has 1 amide bonds. The molecule has 1 saturated heterocycles. The Bertz CT molecular complexity index is 1040. The van der Waals surface area contributed by atoms with Gasteiger partial charge in [0.25, 0.3) is 5.91 Å². The van der Waals surface area contributed by atoms with Crippen LogP contribution in [0.3, 0.4) is 0 Å². The molecule has 40 heavy (non-hydrogen) atoms. The zero-order chi connectivity index (χ0) is 31.3. The van der Waals surface area contributed by atoms with E-state index >= 15 is 0 Å². The van der Waals surface area contributed by atoms with Gasteiger partial charge in [-0.05, 0) is 54.4 Å². The average Bonchev–Trinajstić information content (AvgIpc) is 3.03. The Hall–Kier alpha value is -1.23. The van der Waals surface area contributed by atoms with Crippen LogP contribution in [0.4, 0.5) is 0 Å². The first-order chi connectivity index (χ1) is 17.7. The summed E-state index contributed by atoms with van der Waals surface area (Å²) < 4.78 is 27.3. The van der Waals surface area contributed by atoms with Gasteiger partial charge in [0, 0.05) is 0 Å². The van der Waals surface area contributed by atoms with E-state index in [4.69, 9.17) is 29.2 Å². The smallest absolute Gasteiger partial charge is 0.279 e. The number of amides is 1. The van der Waals surface area contributed by atoms with Gasteiger partial charge in [0.15, 0.2) is 42.7 Å². The zero-order valence-electron chi connectivity index (χ0n) is 27.5. The number of aliphatic imine (C=N–C) groups is 2. The number of carbonyl (C=O) groups is 1. The summed E-state index contributed by atoms with van der Waals surface area (Å²) in [6, 6.07) is 0. The quantitative estimate of drug-likeness (QED) is 0.314. The SMILES string of the molecule is CC(C)(C)[Si](C)(C)OC[C@H]1O[C@@H](/N=C2/N=C(N)NC(=O)C2=N)[C@H](O[Si](C)(C)C(C)(C)C)[C@@H]1O[Si](C)(C)C(C)(C)C. The summed E-state index contributed by atoms with van der Waals surface area (Å²) in [4.78, 5) is 21.1. The van der Waals surface area contributed by atoms with Gasteiger partial charge in [-0.25, -0.2) is 4.99 Å². The summed E-state index contributed by atoms with van der Waals surface area (Å²) in [6.45, 7) is 33.4. The molecule has 2 rings (SSSR count). The fourth-order valence-corrected chi connectivity index (χ4v) is 7.07. The lowest BCUT2D eigenvalue weighted by atomic mass is 10.1. The van der Waals surface area contributed by atoms with Crippen molar-refractivity contribution in [3.63, 3.8) is 0 Å². The number of nitrogens with zero attached hydrogens (tertiary/aromatic N) is 2. The van der Waals surface area contributed by atoms with E-state index in [-0.39, 0.29) is 32.6 Å². The van der Waals surface area contributed by atoms with Crippen molar-refractivity contribution >= 4 is 48.4 Å².